The highest BCUT2D eigenvalue weighted by atomic mass is 32.1. The van der Waals surface area contributed by atoms with Gasteiger partial charge in [0.15, 0.2) is 0 Å². The first-order chi connectivity index (χ1) is 5.22. The first-order valence-electron chi connectivity index (χ1n) is 2.87. The summed E-state index contributed by atoms with van der Waals surface area (Å²) in [6.45, 7) is 0. The maximum atomic E-state index is 4.21. The van der Waals surface area contributed by atoms with E-state index >= 15 is 0 Å². The molecule has 4 nitrogen and oxygen atoms in total. The minimum absolute atomic E-state index is 0.521. The number of aliphatic imine (C=N–C) groups is 4. The van der Waals surface area contributed by atoms with Gasteiger partial charge in [-0.05, 0) is 0 Å². The predicted molar refractivity (Wildman–Crippen MR) is 52.6 cm³/mol. The van der Waals surface area contributed by atoms with Gasteiger partial charge in [0, 0.05) is 0 Å². The van der Waals surface area contributed by atoms with Crippen molar-refractivity contribution in [2.75, 3.05) is 0 Å². The second-order valence-electron chi connectivity index (χ2n) is 2.05. The Morgan fingerprint density at radius 2 is 1.82 bits per heavy atom. The molecule has 0 bridgehead atoms. The van der Waals surface area contributed by atoms with Crippen LogP contribution in [0.4, 0.5) is 0 Å². The fourth-order valence-electron chi connectivity index (χ4n) is 0.842. The molecule has 1 atom stereocenters. The van der Waals surface area contributed by atoms with E-state index in [0.29, 0.717) is 10.8 Å². The Bertz CT molecular complexity index is 316. The van der Waals surface area contributed by atoms with Crippen LogP contribution in [0.25, 0.3) is 0 Å². The summed E-state index contributed by atoms with van der Waals surface area (Å²) in [6.07, 6.45) is 2.80. The Kier molecular flexibility index (Phi) is 1.40. The van der Waals surface area contributed by atoms with Crippen LogP contribution in [0.2, 0.25) is 0 Å². The van der Waals surface area contributed by atoms with Crippen molar-refractivity contribution in [3.05, 3.63) is 0 Å². The van der Waals surface area contributed by atoms with Crippen LogP contribution in [-0.2, 0) is 0 Å². The number of hydrogen-bond donors (Lipinski definition) is 2. The summed E-state index contributed by atoms with van der Waals surface area (Å²) in [4.78, 5) is 14.8. The fraction of sp³-hybridized carbons (Fsp3) is 0.200. The lowest BCUT2D eigenvalue weighted by molar-refractivity contribution is 0.888. The van der Waals surface area contributed by atoms with Gasteiger partial charge in [-0.1, -0.05) is 0 Å². The molecule has 11 heavy (non-hydrogen) atoms. The van der Waals surface area contributed by atoms with Crippen LogP contribution in [0.3, 0.4) is 0 Å². The molecular formula is C5H4N4S2. The summed E-state index contributed by atoms with van der Waals surface area (Å²) >= 11 is 8.30. The average Bonchev–Trinajstić information content (AvgIpc) is 2.31. The number of fused-ring (bicyclic) bond motifs is 1. The molecule has 0 amide bonds. The monoisotopic (exact) mass is 184 g/mol. The Hall–Kier alpha value is -0.620. The minimum Gasteiger partial charge on any atom is -0.233 e. The molecule has 0 radical (unpaired) electrons. The smallest absolute Gasteiger partial charge is 0.233 e. The fourth-order valence-corrected chi connectivity index (χ4v) is 1.46. The third kappa shape index (κ3) is 0.935. The molecule has 2 heterocycles. The average molecular weight is 184 g/mol. The van der Waals surface area contributed by atoms with Crippen molar-refractivity contribution >= 4 is 48.7 Å². The van der Waals surface area contributed by atoms with E-state index in [1.807, 2.05) is 0 Å². The van der Waals surface area contributed by atoms with Crippen LogP contribution in [0.1, 0.15) is 0 Å². The summed E-state index contributed by atoms with van der Waals surface area (Å²) in [5, 5.41) is 0.521. The highest BCUT2D eigenvalue weighted by molar-refractivity contribution is 7.99. The van der Waals surface area contributed by atoms with Gasteiger partial charge in [-0.2, -0.15) is 0 Å². The summed E-state index contributed by atoms with van der Waals surface area (Å²) in [5.74, 6) is 0. The molecule has 0 N–H and O–H groups in total. The van der Waals surface area contributed by atoms with Crippen LogP contribution >= 0.6 is 25.3 Å². The van der Waals surface area contributed by atoms with Crippen LogP contribution in [-0.4, -0.2) is 28.4 Å². The molecular weight excluding hydrogens is 180 g/mol. The van der Waals surface area contributed by atoms with Crippen molar-refractivity contribution in [3.63, 3.8) is 0 Å². The van der Waals surface area contributed by atoms with E-state index in [4.69, 9.17) is 0 Å². The van der Waals surface area contributed by atoms with Gasteiger partial charge in [0.25, 0.3) is 0 Å². The molecule has 0 saturated heterocycles. The van der Waals surface area contributed by atoms with Gasteiger partial charge < -0.3 is 0 Å². The molecule has 0 aliphatic carbocycles. The highest BCUT2D eigenvalue weighted by Crippen LogP contribution is 2.27. The van der Waals surface area contributed by atoms with Crippen LogP contribution in [0, 0.1) is 0 Å². The number of thiol groups is 2. The Labute approximate surface area is 74.1 Å². The third-order valence-corrected chi connectivity index (χ3v) is 2.14. The summed E-state index contributed by atoms with van der Waals surface area (Å²) in [5.41, 5.74) is 0.590. The van der Waals surface area contributed by atoms with Gasteiger partial charge >= 0.3 is 0 Å². The Morgan fingerprint density at radius 3 is 2.45 bits per heavy atom. The van der Waals surface area contributed by atoms with E-state index in [1.54, 1.807) is 0 Å². The lowest BCUT2D eigenvalue weighted by atomic mass is 10.3. The lowest BCUT2D eigenvalue weighted by Crippen LogP contribution is -2.32. The molecule has 0 aromatic heterocycles. The standard InChI is InChI=1S/C5H4N4S2/c10-4-3-5(11,8-1-6-3)9-2-7-4/h1-2,11H,(H,7,9,10). The van der Waals surface area contributed by atoms with E-state index in [9.17, 15) is 0 Å². The Morgan fingerprint density at radius 1 is 1.18 bits per heavy atom. The molecule has 2 rings (SSSR count). The quantitative estimate of drug-likeness (QED) is 0.513. The summed E-state index contributed by atoms with van der Waals surface area (Å²) < 4.78 is 0. The van der Waals surface area contributed by atoms with Gasteiger partial charge in [0.1, 0.15) is 23.4 Å². The first kappa shape index (κ1) is 7.05. The van der Waals surface area contributed by atoms with Gasteiger partial charge in [0.05, 0.1) is 0 Å². The van der Waals surface area contributed by atoms with E-state index in [0.717, 1.165) is 0 Å². The molecule has 6 heteroatoms. The summed E-state index contributed by atoms with van der Waals surface area (Å²) in [7, 11) is 0. The minimum atomic E-state index is -0.862. The van der Waals surface area contributed by atoms with Crippen LogP contribution < -0.4 is 0 Å². The molecule has 0 aromatic rings. The number of rotatable bonds is 0. The van der Waals surface area contributed by atoms with E-state index < -0.39 is 4.99 Å². The van der Waals surface area contributed by atoms with Crippen molar-refractivity contribution in [2.45, 2.75) is 4.99 Å². The zero-order valence-electron chi connectivity index (χ0n) is 5.34. The topological polar surface area (TPSA) is 49.4 Å². The maximum Gasteiger partial charge on any atom is 0.243 e. The second kappa shape index (κ2) is 2.18. The second-order valence-corrected chi connectivity index (χ2v) is 3.10. The lowest BCUT2D eigenvalue weighted by Gasteiger charge is -2.18. The largest absolute Gasteiger partial charge is 0.243 e. The highest BCUT2D eigenvalue weighted by Gasteiger charge is 2.36. The SMILES string of the molecule is SC1=NC=NC2(S)N=CN=C12. The van der Waals surface area contributed by atoms with E-state index in [1.165, 1.54) is 12.7 Å². The van der Waals surface area contributed by atoms with Gasteiger partial charge in [0.2, 0.25) is 4.99 Å². The van der Waals surface area contributed by atoms with E-state index in [-0.39, 0.29) is 0 Å². The number of hydrogen-bond acceptors (Lipinski definition) is 5. The van der Waals surface area contributed by atoms with E-state index in [2.05, 4.69) is 45.2 Å². The predicted octanol–water partition coefficient (Wildman–Crippen LogP) is 0.423. The maximum absolute atomic E-state index is 4.21. The van der Waals surface area contributed by atoms with Crippen LogP contribution in [0.15, 0.2) is 20.0 Å². The Balaban J connectivity index is 2.53. The zero-order chi connectivity index (χ0) is 7.90. The molecule has 2 aliphatic heterocycles. The van der Waals surface area contributed by atoms with Gasteiger partial charge in [-0.25, -0.2) is 20.0 Å². The molecule has 0 fully saturated rings. The van der Waals surface area contributed by atoms with Gasteiger partial charge in [-0.3, -0.25) is 0 Å². The van der Waals surface area contributed by atoms with Crippen molar-refractivity contribution in [1.82, 2.24) is 0 Å². The zero-order valence-corrected chi connectivity index (χ0v) is 7.13. The van der Waals surface area contributed by atoms with Crippen molar-refractivity contribution in [2.24, 2.45) is 20.0 Å². The summed E-state index contributed by atoms with van der Waals surface area (Å²) in [6, 6.07) is 0. The molecule has 1 unspecified atom stereocenters. The normalized spacial score (nSPS) is 33.3. The van der Waals surface area contributed by atoms with Crippen molar-refractivity contribution in [1.29, 1.82) is 0 Å². The van der Waals surface area contributed by atoms with Crippen LogP contribution in [0.5, 0.6) is 0 Å². The van der Waals surface area contributed by atoms with Crippen molar-refractivity contribution < 1.29 is 0 Å². The van der Waals surface area contributed by atoms with Crippen molar-refractivity contribution in [3.8, 4) is 0 Å². The molecule has 0 saturated carbocycles. The molecule has 56 valence electrons. The molecule has 2 aliphatic rings. The first-order valence-corrected chi connectivity index (χ1v) is 3.77. The third-order valence-electron chi connectivity index (χ3n) is 1.37. The molecule has 0 aromatic carbocycles. The molecule has 0 spiro atoms. The van der Waals surface area contributed by atoms with Gasteiger partial charge in [-0.15, -0.1) is 25.3 Å². The number of nitrogens with zero attached hydrogens (tertiary/aromatic N) is 4.